The Bertz CT molecular complexity index is 1640. The molecule has 2 heterocycles. The lowest BCUT2D eigenvalue weighted by Gasteiger charge is -2.22. The number of halogens is 6. The maximum atomic E-state index is 14.8. The van der Waals surface area contributed by atoms with E-state index in [1.807, 2.05) is 12.2 Å². The van der Waals surface area contributed by atoms with Crippen LogP contribution in [0.5, 0.6) is 0 Å². The molecule has 0 fully saturated rings. The molecule has 0 saturated carbocycles. The Morgan fingerprint density at radius 2 is 1.76 bits per heavy atom. The summed E-state index contributed by atoms with van der Waals surface area (Å²) in [6, 6.07) is 5.74. The number of fused-ring (bicyclic) bond motifs is 1. The number of carbonyl (C=O) groups is 2. The number of amides is 1. The monoisotopic (exact) mass is 606 g/mol. The molecule has 0 aliphatic rings. The van der Waals surface area contributed by atoms with Gasteiger partial charge in [0, 0.05) is 35.5 Å². The minimum Gasteiger partial charge on any atom is -0.480 e. The van der Waals surface area contributed by atoms with Crippen LogP contribution in [0.2, 0.25) is 5.02 Å². The SMILES string of the molecule is CC[C@@H](Nc1cc(F)c(C(=O)N[C@@H](Cc2ccc(-c3ncc(C)cc3Cl)c3ncccc23)C(=O)O)c(F)c1)C(F)(F)F. The molecule has 42 heavy (non-hydrogen) atoms. The van der Waals surface area contributed by atoms with Gasteiger partial charge in [-0.05, 0) is 48.7 Å². The fourth-order valence-corrected chi connectivity index (χ4v) is 4.80. The number of alkyl halides is 3. The number of aromatic nitrogens is 2. The highest BCUT2D eigenvalue weighted by atomic mass is 35.5. The number of hydrogen-bond acceptors (Lipinski definition) is 5. The van der Waals surface area contributed by atoms with Crippen molar-refractivity contribution in [2.24, 2.45) is 0 Å². The van der Waals surface area contributed by atoms with Gasteiger partial charge in [0.15, 0.2) is 0 Å². The number of anilines is 1. The fourth-order valence-electron chi connectivity index (χ4n) is 4.47. The van der Waals surface area contributed by atoms with Crippen molar-refractivity contribution in [3.8, 4) is 11.3 Å². The molecule has 0 aliphatic heterocycles. The summed E-state index contributed by atoms with van der Waals surface area (Å²) in [6.07, 6.45) is -2.19. The van der Waals surface area contributed by atoms with Crippen molar-refractivity contribution >= 4 is 40.1 Å². The van der Waals surface area contributed by atoms with Crippen LogP contribution in [0.1, 0.15) is 34.8 Å². The molecule has 0 unspecified atom stereocenters. The maximum Gasteiger partial charge on any atom is 0.408 e. The van der Waals surface area contributed by atoms with E-state index in [4.69, 9.17) is 11.6 Å². The van der Waals surface area contributed by atoms with Gasteiger partial charge in [0.1, 0.15) is 29.3 Å². The summed E-state index contributed by atoms with van der Waals surface area (Å²) >= 11 is 6.40. The summed E-state index contributed by atoms with van der Waals surface area (Å²) in [5.74, 6) is -5.79. The lowest BCUT2D eigenvalue weighted by atomic mass is 9.96. The number of pyridine rings is 2. The molecule has 4 rings (SSSR count). The second kappa shape index (κ2) is 12.3. The van der Waals surface area contributed by atoms with Crippen LogP contribution in [0.25, 0.3) is 22.2 Å². The van der Waals surface area contributed by atoms with E-state index < -0.39 is 59.4 Å². The van der Waals surface area contributed by atoms with Gasteiger partial charge >= 0.3 is 12.1 Å². The van der Waals surface area contributed by atoms with Crippen molar-refractivity contribution in [2.75, 3.05) is 5.32 Å². The zero-order valence-electron chi connectivity index (χ0n) is 22.2. The van der Waals surface area contributed by atoms with Crippen LogP contribution in [0.4, 0.5) is 27.6 Å². The Morgan fingerprint density at radius 1 is 1.07 bits per heavy atom. The molecule has 0 bridgehead atoms. The number of carboxylic acid groups (broad SMARTS) is 1. The maximum absolute atomic E-state index is 14.8. The Kier molecular flexibility index (Phi) is 8.95. The van der Waals surface area contributed by atoms with Crippen LogP contribution in [0, 0.1) is 18.6 Å². The van der Waals surface area contributed by atoms with E-state index in [9.17, 15) is 36.6 Å². The molecule has 2 aromatic carbocycles. The first-order valence-electron chi connectivity index (χ1n) is 12.6. The number of carbonyl (C=O) groups excluding carboxylic acids is 1. The lowest BCUT2D eigenvalue weighted by Crippen LogP contribution is -2.43. The Labute approximate surface area is 241 Å². The molecule has 0 saturated heterocycles. The first-order chi connectivity index (χ1) is 19.8. The van der Waals surface area contributed by atoms with Gasteiger partial charge in [0.05, 0.1) is 16.2 Å². The second-order valence-electron chi connectivity index (χ2n) is 9.54. The van der Waals surface area contributed by atoms with Gasteiger partial charge < -0.3 is 15.7 Å². The quantitative estimate of drug-likeness (QED) is 0.183. The number of rotatable bonds is 9. The van der Waals surface area contributed by atoms with Gasteiger partial charge in [-0.3, -0.25) is 14.8 Å². The largest absolute Gasteiger partial charge is 0.480 e. The summed E-state index contributed by atoms with van der Waals surface area (Å²) < 4.78 is 68.7. The average molecular weight is 607 g/mol. The zero-order chi connectivity index (χ0) is 30.8. The lowest BCUT2D eigenvalue weighted by molar-refractivity contribution is -0.143. The number of aryl methyl sites for hydroxylation is 1. The third-order valence-corrected chi connectivity index (χ3v) is 6.82. The van der Waals surface area contributed by atoms with E-state index in [0.29, 0.717) is 44.9 Å². The van der Waals surface area contributed by atoms with Crippen molar-refractivity contribution < 1.29 is 36.6 Å². The number of nitrogens with one attached hydrogen (secondary N) is 2. The topological polar surface area (TPSA) is 104 Å². The highest BCUT2D eigenvalue weighted by molar-refractivity contribution is 6.33. The van der Waals surface area contributed by atoms with Crippen LogP contribution >= 0.6 is 11.6 Å². The molecular weight excluding hydrogens is 583 g/mol. The molecule has 0 aliphatic carbocycles. The Balaban J connectivity index is 1.61. The molecule has 4 aromatic rings. The van der Waals surface area contributed by atoms with Crippen molar-refractivity contribution in [1.29, 1.82) is 0 Å². The molecule has 2 aromatic heterocycles. The van der Waals surface area contributed by atoms with Crippen molar-refractivity contribution in [1.82, 2.24) is 15.3 Å². The van der Waals surface area contributed by atoms with Crippen molar-refractivity contribution in [2.45, 2.75) is 44.9 Å². The first kappa shape index (κ1) is 30.6. The van der Waals surface area contributed by atoms with Crippen LogP contribution in [0.3, 0.4) is 0 Å². The average Bonchev–Trinajstić information content (AvgIpc) is 2.90. The second-order valence-corrected chi connectivity index (χ2v) is 9.95. The van der Waals surface area contributed by atoms with E-state index in [0.717, 1.165) is 5.56 Å². The van der Waals surface area contributed by atoms with Gasteiger partial charge in [-0.15, -0.1) is 0 Å². The summed E-state index contributed by atoms with van der Waals surface area (Å²) in [5, 5.41) is 14.9. The van der Waals surface area contributed by atoms with Crippen molar-refractivity contribution in [3.05, 3.63) is 88.2 Å². The molecule has 1 amide bonds. The summed E-state index contributed by atoms with van der Waals surface area (Å²) in [7, 11) is 0. The van der Waals surface area contributed by atoms with E-state index in [1.165, 1.54) is 13.1 Å². The van der Waals surface area contributed by atoms with Gasteiger partial charge in [0.25, 0.3) is 5.91 Å². The summed E-state index contributed by atoms with van der Waals surface area (Å²) in [4.78, 5) is 33.7. The van der Waals surface area contributed by atoms with Crippen LogP contribution in [-0.2, 0) is 11.2 Å². The highest BCUT2D eigenvalue weighted by Crippen LogP contribution is 2.33. The van der Waals surface area contributed by atoms with E-state index >= 15 is 0 Å². The van der Waals surface area contributed by atoms with E-state index in [1.54, 1.807) is 36.5 Å². The molecule has 13 heteroatoms. The van der Waals surface area contributed by atoms with Crippen LogP contribution < -0.4 is 10.6 Å². The predicted octanol–water partition coefficient (Wildman–Crippen LogP) is 6.72. The van der Waals surface area contributed by atoms with Gasteiger partial charge in [-0.25, -0.2) is 13.6 Å². The number of benzene rings is 2. The van der Waals surface area contributed by atoms with Gasteiger partial charge in [0.2, 0.25) is 0 Å². The molecular formula is C29H24ClF5N4O3. The molecule has 3 N–H and O–H groups in total. The summed E-state index contributed by atoms with van der Waals surface area (Å²) in [6.45, 7) is 3.08. The minimum absolute atomic E-state index is 0.286. The van der Waals surface area contributed by atoms with Crippen molar-refractivity contribution in [3.63, 3.8) is 0 Å². The molecule has 7 nitrogen and oxygen atoms in total. The molecule has 220 valence electrons. The number of carboxylic acids is 1. The normalized spacial score (nSPS) is 13.0. The number of hydrogen-bond donors (Lipinski definition) is 3. The van der Waals surface area contributed by atoms with Gasteiger partial charge in [-0.1, -0.05) is 36.7 Å². The molecule has 2 atom stereocenters. The predicted molar refractivity (Wildman–Crippen MR) is 147 cm³/mol. The van der Waals surface area contributed by atoms with E-state index in [2.05, 4.69) is 15.3 Å². The van der Waals surface area contributed by atoms with Crippen LogP contribution in [0.15, 0.2) is 54.9 Å². The third-order valence-electron chi connectivity index (χ3n) is 6.53. The smallest absolute Gasteiger partial charge is 0.408 e. The highest BCUT2D eigenvalue weighted by Gasteiger charge is 2.38. The number of nitrogens with zero attached hydrogens (tertiary/aromatic N) is 2. The van der Waals surface area contributed by atoms with E-state index in [-0.39, 0.29) is 6.42 Å². The van der Waals surface area contributed by atoms with Gasteiger partial charge in [-0.2, -0.15) is 13.2 Å². The zero-order valence-corrected chi connectivity index (χ0v) is 22.9. The van der Waals surface area contributed by atoms with Crippen LogP contribution in [-0.4, -0.2) is 45.2 Å². The fraction of sp³-hybridized carbons (Fsp3) is 0.241. The number of aliphatic carboxylic acids is 1. The molecule has 0 spiro atoms. The summed E-state index contributed by atoms with van der Waals surface area (Å²) in [5.41, 5.74) is 1.16. The Morgan fingerprint density at radius 3 is 2.36 bits per heavy atom. The minimum atomic E-state index is -4.67. The standard InChI is InChI=1S/C29H24ClF5N4O3/c1-3-23(29(33,34)35)38-16-11-20(31)24(21(32)12-16)27(40)39-22(28(41)42)10-15-6-7-18(25-17(15)5-4-8-36-25)26-19(30)9-14(2)13-37-26/h4-9,11-13,22-23,38H,3,10H2,1-2H3,(H,39,40)(H,41,42)/t22-,23+/m0/s1. The Hall–Kier alpha value is -4.32. The first-order valence-corrected chi connectivity index (χ1v) is 13.0. The molecule has 0 radical (unpaired) electrons. The third kappa shape index (κ3) is 6.59.